The van der Waals surface area contributed by atoms with Gasteiger partial charge in [0.15, 0.2) is 0 Å². The van der Waals surface area contributed by atoms with E-state index < -0.39 is 8.25 Å². The molecule has 0 rings (SSSR count). The van der Waals surface area contributed by atoms with Crippen molar-refractivity contribution in [3.63, 3.8) is 0 Å². The fourth-order valence-corrected chi connectivity index (χ4v) is 0. The predicted octanol–water partition coefficient (Wildman–Crippen LogP) is -1.91. The second-order valence-electron chi connectivity index (χ2n) is 0.250. The van der Waals surface area contributed by atoms with Gasteiger partial charge in [-0.15, -0.1) is 0 Å². The van der Waals surface area contributed by atoms with Gasteiger partial charge in [-0.2, -0.15) is 0 Å². The Bertz CT molecular complexity index is 33.8. The Morgan fingerprint density at radius 3 is 1.33 bits per heavy atom. The first kappa shape index (κ1) is 15.7. The molecule has 0 fully saturated rings. The maximum atomic E-state index is 8.52. The molecule has 0 aromatic heterocycles. The normalized spacial score (nSPS) is 5.83. The molecule has 0 aromatic carbocycles. The molecule has 0 saturated heterocycles. The molecule has 0 atom stereocenters. The van der Waals surface area contributed by atoms with Crippen molar-refractivity contribution >= 4 is 8.25 Å². The third-order valence-corrected chi connectivity index (χ3v) is 0. The van der Waals surface area contributed by atoms with E-state index in [9.17, 15) is 0 Å². The van der Waals surface area contributed by atoms with E-state index in [2.05, 4.69) is 0 Å². The van der Waals surface area contributed by atoms with E-state index in [1.165, 1.54) is 0 Å². The van der Waals surface area contributed by atoms with Crippen molar-refractivity contribution in [3.05, 3.63) is 0 Å². The van der Waals surface area contributed by atoms with Crippen molar-refractivity contribution in [2.45, 2.75) is 0 Å². The standard InChI is InChI=1S/Co.Mo.H3O3P/c;;1-4(2)3/h;;4H,(H2,1,2,3)/q+2;;/p-2. The first-order valence-electron chi connectivity index (χ1n) is 0.612. The maximum absolute atomic E-state index is 8.52. The second kappa shape index (κ2) is 9.60. The van der Waals surface area contributed by atoms with Gasteiger partial charge in [-0.3, -0.25) is 0 Å². The first-order chi connectivity index (χ1) is 1.73. The minimum absolute atomic E-state index is 0. The molecule has 0 N–H and O–H groups in total. The van der Waals surface area contributed by atoms with Gasteiger partial charge >= 0.3 is 16.8 Å². The van der Waals surface area contributed by atoms with Crippen LogP contribution in [0.1, 0.15) is 0 Å². The molecule has 0 spiro atoms. The van der Waals surface area contributed by atoms with Crippen LogP contribution in [-0.4, -0.2) is 0 Å². The molecular weight excluding hydrogens is 234 g/mol. The molecule has 0 aliphatic rings. The zero-order valence-corrected chi connectivity index (χ0v) is 6.51. The number of hydrogen-bond donors (Lipinski definition) is 0. The molecule has 0 heterocycles. The van der Waals surface area contributed by atoms with Crippen LogP contribution in [-0.2, 0) is 42.4 Å². The molecule has 0 bridgehead atoms. The summed E-state index contributed by atoms with van der Waals surface area (Å²) in [5, 5.41) is 0. The fourth-order valence-electron chi connectivity index (χ4n) is 0. The van der Waals surface area contributed by atoms with Crippen molar-refractivity contribution in [3.8, 4) is 0 Å². The Kier molecular flexibility index (Phi) is 25.1. The molecule has 0 amide bonds. The van der Waals surface area contributed by atoms with Crippen molar-refractivity contribution in [2.75, 3.05) is 0 Å². The van der Waals surface area contributed by atoms with Crippen LogP contribution in [0, 0.1) is 0 Å². The average molecular weight is 235 g/mol. The molecule has 6 heavy (non-hydrogen) atoms. The Morgan fingerprint density at radius 2 is 1.33 bits per heavy atom. The van der Waals surface area contributed by atoms with Gasteiger partial charge in [0.05, 0.1) is 0 Å². The van der Waals surface area contributed by atoms with Gasteiger partial charge in [-0.05, 0) is 0 Å². The second-order valence-corrected chi connectivity index (χ2v) is 0.750. The largest absolute Gasteiger partial charge is 2.00 e. The summed E-state index contributed by atoms with van der Waals surface area (Å²) in [6.45, 7) is 0. The van der Waals surface area contributed by atoms with Crippen LogP contribution in [0.25, 0.3) is 0 Å². The minimum atomic E-state index is -3.63. The number of hydrogen-bond acceptors (Lipinski definition) is 3. The Hall–Kier alpha value is 1.34. The van der Waals surface area contributed by atoms with Gasteiger partial charge in [-0.1, -0.05) is 8.25 Å². The zero-order chi connectivity index (χ0) is 3.58. The van der Waals surface area contributed by atoms with E-state index in [4.69, 9.17) is 14.4 Å². The van der Waals surface area contributed by atoms with Crippen LogP contribution in [0.2, 0.25) is 0 Å². The van der Waals surface area contributed by atoms with Crippen LogP contribution in [0.5, 0.6) is 0 Å². The van der Waals surface area contributed by atoms with E-state index in [1.54, 1.807) is 0 Å². The summed E-state index contributed by atoms with van der Waals surface area (Å²) in [6, 6.07) is 0. The summed E-state index contributed by atoms with van der Waals surface area (Å²) in [4.78, 5) is 17.0. The Morgan fingerprint density at radius 1 is 1.33 bits per heavy atom. The maximum Gasteiger partial charge on any atom is 2.00 e. The van der Waals surface area contributed by atoms with Crippen LogP contribution < -0.4 is 9.79 Å². The van der Waals surface area contributed by atoms with E-state index >= 15 is 0 Å². The molecular formula is HCoMoO3P. The van der Waals surface area contributed by atoms with Crippen LogP contribution in [0.15, 0.2) is 0 Å². The number of rotatable bonds is 0. The molecule has 0 saturated carbocycles. The third-order valence-electron chi connectivity index (χ3n) is 0. The SMILES string of the molecule is O=[PH]([O-])[O-].[Co+2].[Mo]. The van der Waals surface area contributed by atoms with Gasteiger partial charge in [-0.25, -0.2) is 0 Å². The average Bonchev–Trinajstić information content (AvgIpc) is 0.811. The summed E-state index contributed by atoms with van der Waals surface area (Å²) in [5.41, 5.74) is 0. The van der Waals surface area contributed by atoms with E-state index in [-0.39, 0.29) is 37.8 Å². The topological polar surface area (TPSA) is 63.2 Å². The molecule has 0 aliphatic carbocycles. The van der Waals surface area contributed by atoms with Gasteiger partial charge in [0, 0.05) is 21.1 Å². The Labute approximate surface area is 60.5 Å². The molecule has 3 nitrogen and oxygen atoms in total. The van der Waals surface area contributed by atoms with E-state index in [0.29, 0.717) is 0 Å². The van der Waals surface area contributed by atoms with Gasteiger partial charge in [0.1, 0.15) is 0 Å². The van der Waals surface area contributed by atoms with Crippen molar-refractivity contribution in [1.82, 2.24) is 0 Å². The summed E-state index contributed by atoms with van der Waals surface area (Å²) in [5.74, 6) is 0. The molecule has 6 heteroatoms. The summed E-state index contributed by atoms with van der Waals surface area (Å²) >= 11 is 0. The summed E-state index contributed by atoms with van der Waals surface area (Å²) in [6.07, 6.45) is 0. The van der Waals surface area contributed by atoms with Crippen LogP contribution in [0.3, 0.4) is 0 Å². The van der Waals surface area contributed by atoms with Crippen molar-refractivity contribution in [1.29, 1.82) is 0 Å². The van der Waals surface area contributed by atoms with Gasteiger partial charge in [0.2, 0.25) is 0 Å². The zero-order valence-electron chi connectivity index (χ0n) is 2.47. The van der Waals surface area contributed by atoms with Gasteiger partial charge < -0.3 is 14.4 Å². The molecule has 1 radical (unpaired) electrons. The van der Waals surface area contributed by atoms with Crippen LogP contribution >= 0.6 is 8.25 Å². The fraction of sp³-hybridized carbons (Fsp3) is 0. The minimum Gasteiger partial charge on any atom is -0.813 e. The summed E-state index contributed by atoms with van der Waals surface area (Å²) in [7, 11) is -3.63. The van der Waals surface area contributed by atoms with E-state index in [0.717, 1.165) is 0 Å². The monoisotopic (exact) mass is 237 g/mol. The Balaban J connectivity index is -0.0000000450. The molecule has 0 aliphatic heterocycles. The summed E-state index contributed by atoms with van der Waals surface area (Å²) < 4.78 is 8.52. The van der Waals surface area contributed by atoms with Crippen molar-refractivity contribution < 1.29 is 52.2 Å². The van der Waals surface area contributed by atoms with Crippen molar-refractivity contribution in [2.24, 2.45) is 0 Å². The van der Waals surface area contributed by atoms with Crippen LogP contribution in [0.4, 0.5) is 0 Å². The van der Waals surface area contributed by atoms with Gasteiger partial charge in [0.25, 0.3) is 0 Å². The first-order valence-corrected chi connectivity index (χ1v) is 1.84. The molecule has 0 unspecified atom stereocenters. The smallest absolute Gasteiger partial charge is 0.813 e. The molecule has 0 aromatic rings. The molecule has 39 valence electrons. The predicted molar refractivity (Wildman–Crippen MR) is 9.00 cm³/mol. The third kappa shape index (κ3) is 55.8. The quantitative estimate of drug-likeness (QED) is 0.363. The van der Waals surface area contributed by atoms with E-state index in [1.807, 2.05) is 0 Å².